The SMILES string of the molecule is O=C(Nc1ccc(C(F)(F)F)cc1)Nc1nc(-c2ccc(Cl)cc2)cs1. The number of urea groups is 1. The number of halogens is 4. The molecule has 0 saturated carbocycles. The number of carbonyl (C=O) groups excluding carboxylic acids is 1. The van der Waals surface area contributed by atoms with Crippen LogP contribution in [0.3, 0.4) is 0 Å². The lowest BCUT2D eigenvalue weighted by Crippen LogP contribution is -2.19. The average molecular weight is 398 g/mol. The average Bonchev–Trinajstić information content (AvgIpc) is 3.03. The van der Waals surface area contributed by atoms with Crippen LogP contribution in [0.1, 0.15) is 5.56 Å². The van der Waals surface area contributed by atoms with Gasteiger partial charge in [0.1, 0.15) is 0 Å². The van der Waals surface area contributed by atoms with Crippen molar-refractivity contribution in [3.8, 4) is 11.3 Å². The molecule has 0 bridgehead atoms. The lowest BCUT2D eigenvalue weighted by Gasteiger charge is -2.08. The Morgan fingerprint density at radius 2 is 1.65 bits per heavy atom. The Balaban J connectivity index is 1.62. The highest BCUT2D eigenvalue weighted by Gasteiger charge is 2.29. The molecule has 0 spiro atoms. The second-order valence-corrected chi connectivity index (χ2v) is 6.49. The molecular weight excluding hydrogens is 387 g/mol. The minimum atomic E-state index is -4.42. The molecule has 0 aliphatic heterocycles. The Hall–Kier alpha value is -2.58. The maximum absolute atomic E-state index is 12.5. The van der Waals surface area contributed by atoms with Crippen molar-refractivity contribution >= 4 is 39.8 Å². The van der Waals surface area contributed by atoms with Crippen LogP contribution in [0.4, 0.5) is 28.8 Å². The number of amides is 2. The highest BCUT2D eigenvalue weighted by Crippen LogP contribution is 2.30. The largest absolute Gasteiger partial charge is 0.416 e. The normalized spacial score (nSPS) is 11.2. The molecule has 9 heteroatoms. The Bertz CT molecular complexity index is 908. The number of hydrogen-bond acceptors (Lipinski definition) is 3. The molecule has 2 N–H and O–H groups in total. The molecule has 1 aromatic heterocycles. The Morgan fingerprint density at radius 3 is 2.27 bits per heavy atom. The first kappa shape index (κ1) is 18.2. The van der Waals surface area contributed by atoms with Gasteiger partial charge in [0.25, 0.3) is 0 Å². The predicted octanol–water partition coefficient (Wildman–Crippen LogP) is 6.13. The zero-order valence-electron chi connectivity index (χ0n) is 13.0. The number of carbonyl (C=O) groups is 1. The van der Waals surface area contributed by atoms with Crippen molar-refractivity contribution in [1.82, 2.24) is 4.98 Å². The van der Waals surface area contributed by atoms with Gasteiger partial charge in [-0.2, -0.15) is 13.2 Å². The number of thiazole rings is 1. The summed E-state index contributed by atoms with van der Waals surface area (Å²) in [5.74, 6) is 0. The van der Waals surface area contributed by atoms with Crippen LogP contribution in [0, 0.1) is 0 Å². The van der Waals surface area contributed by atoms with E-state index in [0.29, 0.717) is 15.8 Å². The van der Waals surface area contributed by atoms with Gasteiger partial charge in [-0.3, -0.25) is 5.32 Å². The van der Waals surface area contributed by atoms with Crippen LogP contribution in [-0.4, -0.2) is 11.0 Å². The molecule has 0 aliphatic carbocycles. The summed E-state index contributed by atoms with van der Waals surface area (Å²) in [6.07, 6.45) is -4.42. The first-order valence-electron chi connectivity index (χ1n) is 7.28. The molecule has 3 rings (SSSR count). The van der Waals surface area contributed by atoms with E-state index in [4.69, 9.17) is 11.6 Å². The molecule has 134 valence electrons. The number of rotatable bonds is 3. The van der Waals surface area contributed by atoms with E-state index in [-0.39, 0.29) is 5.69 Å². The molecule has 26 heavy (non-hydrogen) atoms. The van der Waals surface area contributed by atoms with Crippen molar-refractivity contribution in [3.63, 3.8) is 0 Å². The van der Waals surface area contributed by atoms with Crippen LogP contribution in [-0.2, 0) is 6.18 Å². The third kappa shape index (κ3) is 4.53. The van der Waals surface area contributed by atoms with E-state index in [2.05, 4.69) is 15.6 Å². The van der Waals surface area contributed by atoms with Gasteiger partial charge in [-0.05, 0) is 36.4 Å². The molecular formula is C17H11ClF3N3OS. The van der Waals surface area contributed by atoms with Crippen molar-refractivity contribution in [2.24, 2.45) is 0 Å². The Kier molecular flexibility index (Phi) is 5.15. The molecule has 3 aromatic rings. The second kappa shape index (κ2) is 7.35. The Labute approximate surface area is 155 Å². The van der Waals surface area contributed by atoms with Crippen molar-refractivity contribution in [1.29, 1.82) is 0 Å². The van der Waals surface area contributed by atoms with E-state index in [9.17, 15) is 18.0 Å². The van der Waals surface area contributed by atoms with Crippen molar-refractivity contribution in [2.75, 3.05) is 10.6 Å². The summed E-state index contributed by atoms with van der Waals surface area (Å²) in [4.78, 5) is 16.3. The van der Waals surface area contributed by atoms with Crippen molar-refractivity contribution in [3.05, 3.63) is 64.5 Å². The number of nitrogens with one attached hydrogen (secondary N) is 2. The summed E-state index contributed by atoms with van der Waals surface area (Å²) in [5, 5.41) is 7.75. The predicted molar refractivity (Wildman–Crippen MR) is 96.6 cm³/mol. The highest BCUT2D eigenvalue weighted by atomic mass is 35.5. The summed E-state index contributed by atoms with van der Waals surface area (Å²) in [5.41, 5.74) is 0.985. The molecule has 2 aromatic carbocycles. The number of hydrogen-bond donors (Lipinski definition) is 2. The zero-order chi connectivity index (χ0) is 18.7. The van der Waals surface area contributed by atoms with Crippen LogP contribution in [0.2, 0.25) is 5.02 Å². The molecule has 0 radical (unpaired) electrons. The smallest absolute Gasteiger partial charge is 0.308 e. The fraction of sp³-hybridized carbons (Fsp3) is 0.0588. The fourth-order valence-corrected chi connectivity index (χ4v) is 2.93. The van der Waals surface area contributed by atoms with Crippen LogP contribution in [0.5, 0.6) is 0 Å². The summed E-state index contributed by atoms with van der Waals surface area (Å²) in [7, 11) is 0. The summed E-state index contributed by atoms with van der Waals surface area (Å²) in [6, 6.07) is 10.7. The first-order valence-corrected chi connectivity index (χ1v) is 8.54. The number of anilines is 2. The maximum atomic E-state index is 12.5. The number of aromatic nitrogens is 1. The monoisotopic (exact) mass is 397 g/mol. The van der Waals surface area contributed by atoms with Crippen LogP contribution >= 0.6 is 22.9 Å². The molecule has 0 aliphatic rings. The van der Waals surface area contributed by atoms with Crippen LogP contribution in [0.25, 0.3) is 11.3 Å². The summed E-state index contributed by atoms with van der Waals surface area (Å²) >= 11 is 7.07. The van der Waals surface area contributed by atoms with E-state index < -0.39 is 17.8 Å². The van der Waals surface area contributed by atoms with Gasteiger partial charge in [-0.25, -0.2) is 9.78 Å². The molecule has 1 heterocycles. The van der Waals surface area contributed by atoms with E-state index in [1.807, 2.05) is 12.1 Å². The third-order valence-corrected chi connectivity index (χ3v) is 4.34. The van der Waals surface area contributed by atoms with E-state index in [1.165, 1.54) is 23.5 Å². The van der Waals surface area contributed by atoms with Gasteiger partial charge in [0.15, 0.2) is 5.13 Å². The molecule has 0 saturated heterocycles. The van der Waals surface area contributed by atoms with Crippen LogP contribution in [0.15, 0.2) is 53.9 Å². The topological polar surface area (TPSA) is 54.0 Å². The van der Waals surface area contributed by atoms with E-state index in [0.717, 1.165) is 17.7 Å². The van der Waals surface area contributed by atoms with Crippen molar-refractivity contribution < 1.29 is 18.0 Å². The molecule has 4 nitrogen and oxygen atoms in total. The maximum Gasteiger partial charge on any atom is 0.416 e. The second-order valence-electron chi connectivity index (χ2n) is 5.20. The molecule has 0 atom stereocenters. The van der Waals surface area contributed by atoms with E-state index in [1.54, 1.807) is 17.5 Å². The summed E-state index contributed by atoms with van der Waals surface area (Å²) < 4.78 is 37.6. The van der Waals surface area contributed by atoms with Crippen LogP contribution < -0.4 is 10.6 Å². The fourth-order valence-electron chi connectivity index (χ4n) is 2.09. The zero-order valence-corrected chi connectivity index (χ0v) is 14.5. The lowest BCUT2D eigenvalue weighted by atomic mass is 10.2. The minimum absolute atomic E-state index is 0.241. The third-order valence-electron chi connectivity index (χ3n) is 3.33. The Morgan fingerprint density at radius 1 is 1.00 bits per heavy atom. The first-order chi connectivity index (χ1) is 12.3. The van der Waals surface area contributed by atoms with Gasteiger partial charge in [0.05, 0.1) is 11.3 Å². The summed E-state index contributed by atoms with van der Waals surface area (Å²) in [6.45, 7) is 0. The quantitative estimate of drug-likeness (QED) is 0.558. The number of alkyl halides is 3. The van der Waals surface area contributed by atoms with Gasteiger partial charge in [-0.1, -0.05) is 23.7 Å². The molecule has 0 unspecified atom stereocenters. The lowest BCUT2D eigenvalue weighted by molar-refractivity contribution is -0.137. The number of benzene rings is 2. The molecule has 0 fully saturated rings. The minimum Gasteiger partial charge on any atom is -0.308 e. The molecule has 2 amide bonds. The van der Waals surface area contributed by atoms with Gasteiger partial charge >= 0.3 is 12.2 Å². The highest BCUT2D eigenvalue weighted by molar-refractivity contribution is 7.14. The van der Waals surface area contributed by atoms with Gasteiger partial charge in [-0.15, -0.1) is 11.3 Å². The van der Waals surface area contributed by atoms with Crippen molar-refractivity contribution in [2.45, 2.75) is 6.18 Å². The van der Waals surface area contributed by atoms with Gasteiger partial charge in [0.2, 0.25) is 0 Å². The van der Waals surface area contributed by atoms with Gasteiger partial charge < -0.3 is 5.32 Å². The van der Waals surface area contributed by atoms with Gasteiger partial charge in [0, 0.05) is 21.7 Å². The van der Waals surface area contributed by atoms with E-state index >= 15 is 0 Å². The number of nitrogens with zero attached hydrogens (tertiary/aromatic N) is 1. The standard InChI is InChI=1S/C17H11ClF3N3OS/c18-12-5-1-10(2-6-12)14-9-26-16(23-14)24-15(25)22-13-7-3-11(4-8-13)17(19,20)21/h1-9H,(H2,22,23,24,25).